The van der Waals surface area contributed by atoms with E-state index in [1.165, 1.54) is 0 Å². The Morgan fingerprint density at radius 3 is 2.87 bits per heavy atom. The number of hydrogen-bond acceptors (Lipinski definition) is 3. The minimum absolute atomic E-state index is 0.189. The first-order valence-electron chi connectivity index (χ1n) is 4.69. The lowest BCUT2D eigenvalue weighted by Crippen LogP contribution is -1.98. The van der Waals surface area contributed by atoms with E-state index in [-0.39, 0.29) is 6.61 Å². The van der Waals surface area contributed by atoms with Gasteiger partial charge in [-0.25, -0.2) is 0 Å². The van der Waals surface area contributed by atoms with Crippen LogP contribution >= 0.6 is 23.4 Å². The van der Waals surface area contributed by atoms with Crippen molar-refractivity contribution in [2.24, 2.45) is 0 Å². The van der Waals surface area contributed by atoms with Crippen LogP contribution in [0.3, 0.4) is 0 Å². The Morgan fingerprint density at radius 2 is 2.33 bits per heavy atom. The molecule has 0 aliphatic heterocycles. The average Bonchev–Trinajstić information content (AvgIpc) is 2.18. The van der Waals surface area contributed by atoms with Crippen LogP contribution in [0, 0.1) is 0 Å². The summed E-state index contributed by atoms with van der Waals surface area (Å²) < 4.78 is 0. The number of rotatable bonds is 5. The highest BCUT2D eigenvalue weighted by atomic mass is 35.5. The number of halogens is 1. The predicted octanol–water partition coefficient (Wildman–Crippen LogP) is 3.02. The second-order valence-electron chi connectivity index (χ2n) is 3.24. The molecular formula is C11H13ClO2S. The third-order valence-corrected chi connectivity index (χ3v) is 3.46. The number of carbonyl (C=O) groups excluding carboxylic acids is 1. The van der Waals surface area contributed by atoms with E-state index in [1.807, 2.05) is 13.0 Å². The second kappa shape index (κ2) is 6.16. The first-order valence-corrected chi connectivity index (χ1v) is 5.95. The maximum absolute atomic E-state index is 10.5. The summed E-state index contributed by atoms with van der Waals surface area (Å²) >= 11 is 7.54. The van der Waals surface area contributed by atoms with Gasteiger partial charge in [0.1, 0.15) is 0 Å². The van der Waals surface area contributed by atoms with Gasteiger partial charge in [-0.1, -0.05) is 18.5 Å². The zero-order valence-corrected chi connectivity index (χ0v) is 10.0. The molecule has 1 aromatic carbocycles. The number of carbonyl (C=O) groups is 1. The molecule has 0 aliphatic rings. The second-order valence-corrected chi connectivity index (χ2v) is 5.16. The van der Waals surface area contributed by atoms with Gasteiger partial charge in [0.15, 0.2) is 6.29 Å². The molecule has 0 saturated heterocycles. The highest BCUT2D eigenvalue weighted by molar-refractivity contribution is 7.99. The van der Waals surface area contributed by atoms with Crippen molar-refractivity contribution in [3.8, 4) is 0 Å². The third kappa shape index (κ3) is 3.86. The molecule has 1 atom stereocenters. The monoisotopic (exact) mass is 244 g/mol. The molecule has 1 aromatic rings. The van der Waals surface area contributed by atoms with Crippen LogP contribution in [0.25, 0.3) is 0 Å². The van der Waals surface area contributed by atoms with Gasteiger partial charge in [-0.15, -0.1) is 11.8 Å². The van der Waals surface area contributed by atoms with Crippen LogP contribution in [0.5, 0.6) is 0 Å². The molecule has 0 aliphatic carbocycles. The quantitative estimate of drug-likeness (QED) is 0.639. The number of benzene rings is 1. The molecule has 0 amide bonds. The smallest absolute Gasteiger partial charge is 0.151 e. The summed E-state index contributed by atoms with van der Waals surface area (Å²) in [5, 5.41) is 9.58. The minimum Gasteiger partial charge on any atom is -0.396 e. The van der Waals surface area contributed by atoms with Crippen molar-refractivity contribution in [1.82, 2.24) is 0 Å². The van der Waals surface area contributed by atoms with Crippen molar-refractivity contribution in [2.75, 3.05) is 6.61 Å². The Morgan fingerprint density at radius 1 is 1.60 bits per heavy atom. The van der Waals surface area contributed by atoms with E-state index in [0.29, 0.717) is 15.8 Å². The van der Waals surface area contributed by atoms with Gasteiger partial charge in [0.05, 0.1) is 5.02 Å². The highest BCUT2D eigenvalue weighted by Gasteiger charge is 2.06. The predicted molar refractivity (Wildman–Crippen MR) is 63.9 cm³/mol. The molecule has 0 saturated carbocycles. The Hall–Kier alpha value is -0.510. The van der Waals surface area contributed by atoms with Crippen molar-refractivity contribution in [2.45, 2.75) is 23.5 Å². The van der Waals surface area contributed by atoms with E-state index < -0.39 is 0 Å². The van der Waals surface area contributed by atoms with Crippen LogP contribution in [-0.4, -0.2) is 23.2 Å². The fraction of sp³-hybridized carbons (Fsp3) is 0.364. The number of aliphatic hydroxyl groups excluding tert-OH is 1. The van der Waals surface area contributed by atoms with E-state index in [2.05, 4.69) is 0 Å². The van der Waals surface area contributed by atoms with E-state index >= 15 is 0 Å². The first-order chi connectivity index (χ1) is 7.17. The molecule has 0 radical (unpaired) electrons. The minimum atomic E-state index is 0.189. The largest absolute Gasteiger partial charge is 0.396 e. The number of thioether (sulfide) groups is 1. The summed E-state index contributed by atoms with van der Waals surface area (Å²) in [6, 6.07) is 5.36. The third-order valence-electron chi connectivity index (χ3n) is 1.97. The van der Waals surface area contributed by atoms with Crippen molar-refractivity contribution < 1.29 is 9.90 Å². The molecule has 4 heteroatoms. The van der Waals surface area contributed by atoms with Gasteiger partial charge in [0.25, 0.3) is 0 Å². The number of aliphatic hydroxyl groups is 1. The summed E-state index contributed by atoms with van der Waals surface area (Å²) in [5.41, 5.74) is 0.510. The van der Waals surface area contributed by atoms with Crippen molar-refractivity contribution >= 4 is 29.6 Å². The standard InChI is InChI=1S/C11H13ClO2S/c1-8(4-5-13)15-10-3-2-9(7-14)11(12)6-10/h2-3,6-8,13H,4-5H2,1H3. The lowest BCUT2D eigenvalue weighted by molar-refractivity contribution is 0.112. The Kier molecular flexibility index (Phi) is 5.15. The summed E-state index contributed by atoms with van der Waals surface area (Å²) in [4.78, 5) is 11.6. The molecule has 1 unspecified atom stereocenters. The molecule has 0 heterocycles. The van der Waals surface area contributed by atoms with Gasteiger partial charge in [-0.05, 0) is 24.6 Å². The van der Waals surface area contributed by atoms with Crippen LogP contribution in [0.4, 0.5) is 0 Å². The SMILES string of the molecule is CC(CCO)Sc1ccc(C=O)c(Cl)c1. The van der Waals surface area contributed by atoms with Gasteiger partial charge in [-0.3, -0.25) is 4.79 Å². The van der Waals surface area contributed by atoms with Crippen LogP contribution in [-0.2, 0) is 0 Å². The molecular weight excluding hydrogens is 232 g/mol. The molecule has 0 spiro atoms. The zero-order valence-electron chi connectivity index (χ0n) is 8.44. The van der Waals surface area contributed by atoms with Gasteiger partial charge in [-0.2, -0.15) is 0 Å². The van der Waals surface area contributed by atoms with Crippen molar-refractivity contribution in [3.05, 3.63) is 28.8 Å². The Bertz CT molecular complexity index is 341. The summed E-state index contributed by atoms with van der Waals surface area (Å²) in [7, 11) is 0. The molecule has 15 heavy (non-hydrogen) atoms. The maximum atomic E-state index is 10.5. The first kappa shape index (κ1) is 12.6. The lowest BCUT2D eigenvalue weighted by atomic mass is 10.2. The van der Waals surface area contributed by atoms with Gasteiger partial charge >= 0.3 is 0 Å². The summed E-state index contributed by atoms with van der Waals surface area (Å²) in [5.74, 6) is 0. The normalized spacial score (nSPS) is 12.5. The Labute approximate surface area is 98.6 Å². The molecule has 1 rings (SSSR count). The van der Waals surface area contributed by atoms with Crippen molar-refractivity contribution in [1.29, 1.82) is 0 Å². The summed E-state index contributed by atoms with van der Waals surface area (Å²) in [6.45, 7) is 2.23. The van der Waals surface area contributed by atoms with Crippen LogP contribution in [0.15, 0.2) is 23.1 Å². The summed E-state index contributed by atoms with van der Waals surface area (Å²) in [6.07, 6.45) is 1.49. The number of hydrogen-bond donors (Lipinski definition) is 1. The van der Waals surface area contributed by atoms with Gasteiger partial charge < -0.3 is 5.11 Å². The molecule has 0 bridgehead atoms. The van der Waals surface area contributed by atoms with E-state index in [0.717, 1.165) is 17.6 Å². The molecule has 0 fully saturated rings. The van der Waals surface area contributed by atoms with Crippen LogP contribution in [0.2, 0.25) is 5.02 Å². The fourth-order valence-electron chi connectivity index (χ4n) is 1.15. The van der Waals surface area contributed by atoms with Gasteiger partial charge in [0.2, 0.25) is 0 Å². The highest BCUT2D eigenvalue weighted by Crippen LogP contribution is 2.28. The van der Waals surface area contributed by atoms with Crippen LogP contribution in [0.1, 0.15) is 23.7 Å². The fourth-order valence-corrected chi connectivity index (χ4v) is 2.46. The number of aldehydes is 1. The topological polar surface area (TPSA) is 37.3 Å². The average molecular weight is 245 g/mol. The van der Waals surface area contributed by atoms with Crippen LogP contribution < -0.4 is 0 Å². The van der Waals surface area contributed by atoms with E-state index in [4.69, 9.17) is 16.7 Å². The maximum Gasteiger partial charge on any atom is 0.151 e. The zero-order chi connectivity index (χ0) is 11.3. The molecule has 82 valence electrons. The van der Waals surface area contributed by atoms with E-state index in [1.54, 1.807) is 23.9 Å². The van der Waals surface area contributed by atoms with E-state index in [9.17, 15) is 4.79 Å². The van der Waals surface area contributed by atoms with Gasteiger partial charge in [0, 0.05) is 22.3 Å². The van der Waals surface area contributed by atoms with Crippen molar-refractivity contribution in [3.63, 3.8) is 0 Å². The Balaban J connectivity index is 2.70. The molecule has 2 nitrogen and oxygen atoms in total. The molecule has 0 aromatic heterocycles. The molecule has 1 N–H and O–H groups in total. The lowest BCUT2D eigenvalue weighted by Gasteiger charge is -2.09.